The third-order valence-electron chi connectivity index (χ3n) is 17.0. The summed E-state index contributed by atoms with van der Waals surface area (Å²) in [6.45, 7) is 2.47. The second-order valence-electron chi connectivity index (χ2n) is 21.0. The number of para-hydroxylation sites is 3. The highest BCUT2D eigenvalue weighted by Gasteiger charge is 2.53. The number of aromatic nitrogens is 2. The minimum absolute atomic E-state index is 0.533. The van der Waals surface area contributed by atoms with Crippen LogP contribution < -0.4 is 15.5 Å². The Morgan fingerprint density at radius 3 is 1.87 bits per heavy atom. The van der Waals surface area contributed by atoms with Crippen molar-refractivity contribution in [1.82, 2.24) is 9.13 Å². The van der Waals surface area contributed by atoms with Crippen LogP contribution in [-0.2, 0) is 5.41 Å². The van der Waals surface area contributed by atoms with E-state index in [1.807, 2.05) is 0 Å². The average molecular weight is 956 g/mol. The van der Waals surface area contributed by atoms with Crippen molar-refractivity contribution in [3.05, 3.63) is 288 Å². The average Bonchev–Trinajstić information content (AvgIpc) is 4.20. The minimum Gasteiger partial charge on any atom is -0.331 e. The Labute approximate surface area is 435 Å². The van der Waals surface area contributed by atoms with E-state index in [2.05, 4.69) is 288 Å². The number of hydrogen-bond donors (Lipinski definition) is 0. The molecular weight excluding hydrogens is 907 g/mol. The van der Waals surface area contributed by atoms with Crippen molar-refractivity contribution in [3.8, 4) is 44.8 Å². The Morgan fingerprint density at radius 2 is 1.04 bits per heavy atom. The van der Waals surface area contributed by atoms with E-state index in [4.69, 9.17) is 0 Å². The summed E-state index contributed by atoms with van der Waals surface area (Å²) >= 11 is 0. The van der Waals surface area contributed by atoms with Gasteiger partial charge in [0.1, 0.15) is 0 Å². The van der Waals surface area contributed by atoms with Crippen LogP contribution in [0.2, 0.25) is 0 Å². The molecule has 2 unspecified atom stereocenters. The first-order chi connectivity index (χ1) is 37.1. The van der Waals surface area contributed by atoms with Crippen LogP contribution >= 0.6 is 0 Å². The SMILES string of the molecule is CC1(N(c2ccc3c4ccccc4n(-c4ccccc4)c3c2)c2cccc3c2-c2ccccc2C32c3ccccc3-c3ccc(-c4ccccc4)cc32)C=c2c(n(-c3ccc4ccccc4c3)c3ccccc23)=CC1. The lowest BCUT2D eigenvalue weighted by molar-refractivity contribution is 0.615. The van der Waals surface area contributed by atoms with Crippen LogP contribution in [0, 0.1) is 0 Å². The summed E-state index contributed by atoms with van der Waals surface area (Å²) in [6, 6.07) is 95.2. The van der Waals surface area contributed by atoms with E-state index in [-0.39, 0.29) is 0 Å². The second kappa shape index (κ2) is 15.8. The molecule has 2 atom stereocenters. The van der Waals surface area contributed by atoms with Gasteiger partial charge in [0, 0.05) is 49.4 Å². The van der Waals surface area contributed by atoms with E-state index in [0.717, 1.165) is 17.8 Å². The van der Waals surface area contributed by atoms with Gasteiger partial charge in [0.25, 0.3) is 0 Å². The van der Waals surface area contributed by atoms with Crippen LogP contribution in [0.25, 0.3) is 100 Å². The highest BCUT2D eigenvalue weighted by Crippen LogP contribution is 2.65. The fourth-order valence-corrected chi connectivity index (χ4v) is 13.9. The van der Waals surface area contributed by atoms with Gasteiger partial charge in [-0.3, -0.25) is 0 Å². The van der Waals surface area contributed by atoms with Crippen molar-refractivity contribution < 1.29 is 0 Å². The lowest BCUT2D eigenvalue weighted by Crippen LogP contribution is -2.47. The van der Waals surface area contributed by atoms with Crippen LogP contribution in [0.1, 0.15) is 35.6 Å². The third kappa shape index (κ3) is 5.87. The number of rotatable bonds is 6. The molecule has 0 fully saturated rings. The zero-order valence-corrected chi connectivity index (χ0v) is 41.5. The molecule has 352 valence electrons. The van der Waals surface area contributed by atoms with Gasteiger partial charge in [0.15, 0.2) is 0 Å². The fourth-order valence-electron chi connectivity index (χ4n) is 13.9. The van der Waals surface area contributed by atoms with E-state index >= 15 is 0 Å². The zero-order valence-electron chi connectivity index (χ0n) is 41.5. The van der Waals surface area contributed by atoms with Crippen molar-refractivity contribution in [1.29, 1.82) is 0 Å². The fraction of sp³-hybridized carbons (Fsp3) is 0.0556. The number of anilines is 2. The molecule has 75 heavy (non-hydrogen) atoms. The maximum Gasteiger partial charge on any atom is 0.0726 e. The molecule has 0 saturated carbocycles. The van der Waals surface area contributed by atoms with Crippen molar-refractivity contribution in [2.24, 2.45) is 0 Å². The Kier molecular flexibility index (Phi) is 8.86. The highest BCUT2D eigenvalue weighted by molar-refractivity contribution is 6.11. The topological polar surface area (TPSA) is 13.1 Å². The smallest absolute Gasteiger partial charge is 0.0726 e. The maximum atomic E-state index is 2.71. The van der Waals surface area contributed by atoms with Crippen LogP contribution in [0.3, 0.4) is 0 Å². The summed E-state index contributed by atoms with van der Waals surface area (Å²) in [5, 5.41) is 8.70. The highest BCUT2D eigenvalue weighted by atomic mass is 15.2. The third-order valence-corrected chi connectivity index (χ3v) is 17.0. The van der Waals surface area contributed by atoms with Crippen molar-refractivity contribution in [3.63, 3.8) is 0 Å². The van der Waals surface area contributed by atoms with E-state index in [9.17, 15) is 0 Å². The quantitative estimate of drug-likeness (QED) is 0.162. The van der Waals surface area contributed by atoms with Crippen molar-refractivity contribution in [2.45, 2.75) is 24.3 Å². The van der Waals surface area contributed by atoms with E-state index in [1.54, 1.807) is 0 Å². The zero-order chi connectivity index (χ0) is 49.4. The predicted octanol–water partition coefficient (Wildman–Crippen LogP) is 16.5. The molecule has 0 radical (unpaired) electrons. The van der Waals surface area contributed by atoms with E-state index in [0.29, 0.717) is 0 Å². The molecule has 1 spiro atoms. The van der Waals surface area contributed by atoms with Gasteiger partial charge in [0.2, 0.25) is 0 Å². The summed E-state index contributed by atoms with van der Waals surface area (Å²) in [5.41, 5.74) is 20.1. The van der Waals surface area contributed by atoms with Gasteiger partial charge in [-0.25, -0.2) is 0 Å². The minimum atomic E-state index is -0.544. The molecular formula is C72H49N3. The molecule has 0 aliphatic heterocycles. The molecule has 3 aliphatic rings. The molecule has 2 aromatic heterocycles. The molecule has 11 aromatic carbocycles. The normalized spacial score (nSPS) is 16.9. The molecule has 3 aliphatic carbocycles. The first-order valence-corrected chi connectivity index (χ1v) is 26.3. The van der Waals surface area contributed by atoms with Crippen LogP contribution in [-0.4, -0.2) is 14.7 Å². The molecule has 0 bridgehead atoms. The Hall–Kier alpha value is -9.44. The van der Waals surface area contributed by atoms with Gasteiger partial charge in [-0.05, 0) is 141 Å². The summed E-state index contributed by atoms with van der Waals surface area (Å²) in [5.74, 6) is 0. The number of hydrogen-bond acceptors (Lipinski definition) is 1. The lowest BCUT2D eigenvalue weighted by Gasteiger charge is -2.43. The van der Waals surface area contributed by atoms with Gasteiger partial charge in [-0.2, -0.15) is 0 Å². The number of nitrogens with zero attached hydrogens (tertiary/aromatic N) is 3. The van der Waals surface area contributed by atoms with Crippen molar-refractivity contribution >= 4 is 67.0 Å². The van der Waals surface area contributed by atoms with Gasteiger partial charge in [-0.1, -0.05) is 200 Å². The number of fused-ring (bicyclic) bond motifs is 17. The Balaban J connectivity index is 0.991. The van der Waals surface area contributed by atoms with E-state index < -0.39 is 11.0 Å². The molecule has 0 amide bonds. The lowest BCUT2D eigenvalue weighted by atomic mass is 9.70. The first kappa shape index (κ1) is 42.1. The summed E-state index contributed by atoms with van der Waals surface area (Å²) < 4.78 is 4.94. The second-order valence-corrected chi connectivity index (χ2v) is 21.0. The van der Waals surface area contributed by atoms with Gasteiger partial charge < -0.3 is 14.0 Å². The van der Waals surface area contributed by atoms with Crippen LogP contribution in [0.15, 0.2) is 255 Å². The summed E-state index contributed by atoms with van der Waals surface area (Å²) in [6.07, 6.45) is 5.89. The summed E-state index contributed by atoms with van der Waals surface area (Å²) in [7, 11) is 0. The molecule has 0 saturated heterocycles. The summed E-state index contributed by atoms with van der Waals surface area (Å²) in [4.78, 5) is 2.71. The molecule has 0 N–H and O–H groups in total. The molecule has 16 rings (SSSR count). The van der Waals surface area contributed by atoms with E-state index in [1.165, 1.54) is 121 Å². The van der Waals surface area contributed by atoms with Crippen molar-refractivity contribution in [2.75, 3.05) is 4.90 Å². The molecule has 3 nitrogen and oxygen atoms in total. The van der Waals surface area contributed by atoms with Gasteiger partial charge in [0.05, 0.1) is 33.2 Å². The van der Waals surface area contributed by atoms with Gasteiger partial charge in [-0.15, -0.1) is 0 Å². The standard InChI is InChI=1S/C72H49N3/c1-71(42-41-67-60(46-71)57-27-13-17-33-66(57)74(67)52-37-35-48-21-8-9-22-49(48)43-52)75(53-38-40-58-56-26-12-16-32-65(56)73(69(58)45-53)51-23-6-3-7-24-51)68-34-18-31-63-70(68)59-28-11-15-30-62(59)72(63)61-29-14-10-25-54(61)55-39-36-50(44-64(55)72)47-19-4-2-5-20-47/h2-41,43-46H,42H2,1H3. The molecule has 3 heteroatoms. The maximum absolute atomic E-state index is 2.71. The predicted molar refractivity (Wildman–Crippen MR) is 313 cm³/mol. The largest absolute Gasteiger partial charge is 0.331 e. The molecule has 2 heterocycles. The monoisotopic (exact) mass is 955 g/mol. The Morgan fingerprint density at radius 1 is 0.400 bits per heavy atom. The number of benzene rings is 11. The van der Waals surface area contributed by atoms with Crippen LogP contribution in [0.5, 0.6) is 0 Å². The molecule has 13 aromatic rings. The Bertz CT molecular complexity index is 4650. The first-order valence-electron chi connectivity index (χ1n) is 26.3. The van der Waals surface area contributed by atoms with Crippen LogP contribution in [0.4, 0.5) is 11.4 Å². The van der Waals surface area contributed by atoms with Gasteiger partial charge >= 0.3 is 0 Å².